The van der Waals surface area contributed by atoms with Gasteiger partial charge in [-0.1, -0.05) is 6.07 Å². The van der Waals surface area contributed by atoms with Gasteiger partial charge in [-0.2, -0.15) is 0 Å². The number of rotatable bonds is 6. The third kappa shape index (κ3) is 4.14. The van der Waals surface area contributed by atoms with E-state index in [1.165, 1.54) is 0 Å². The zero-order valence-electron chi connectivity index (χ0n) is 8.37. The van der Waals surface area contributed by atoms with Gasteiger partial charge < -0.3 is 16.2 Å². The molecule has 0 aliphatic carbocycles. The van der Waals surface area contributed by atoms with Crippen LogP contribution in [-0.4, -0.2) is 18.3 Å². The Morgan fingerprint density at radius 3 is 2.79 bits per heavy atom. The van der Waals surface area contributed by atoms with Crippen molar-refractivity contribution in [2.75, 3.05) is 24.2 Å². The highest BCUT2D eigenvalue weighted by atomic mass is 16.2. The van der Waals surface area contributed by atoms with E-state index in [1.54, 1.807) is 0 Å². The fourth-order valence-corrected chi connectivity index (χ4v) is 1.29. The van der Waals surface area contributed by atoms with Gasteiger partial charge in [0.2, 0.25) is 0 Å². The van der Waals surface area contributed by atoms with Gasteiger partial charge in [-0.25, -0.2) is 0 Å². The van der Waals surface area contributed by atoms with E-state index in [-0.39, 0.29) is 6.61 Å². The summed E-state index contributed by atoms with van der Waals surface area (Å²) in [4.78, 5) is 0. The van der Waals surface area contributed by atoms with Crippen LogP contribution in [-0.2, 0) is 0 Å². The number of nitrogen functional groups attached to an aromatic ring is 1. The van der Waals surface area contributed by atoms with Crippen LogP contribution in [0.3, 0.4) is 0 Å². The first-order valence-corrected chi connectivity index (χ1v) is 5.03. The second-order valence-corrected chi connectivity index (χ2v) is 3.34. The predicted molar refractivity (Wildman–Crippen MR) is 60.3 cm³/mol. The number of nitrogens with one attached hydrogen (secondary N) is 1. The van der Waals surface area contributed by atoms with E-state index in [9.17, 15) is 0 Å². The number of anilines is 2. The minimum absolute atomic E-state index is 0.290. The van der Waals surface area contributed by atoms with Crippen molar-refractivity contribution < 1.29 is 5.11 Å². The first-order valence-electron chi connectivity index (χ1n) is 5.03. The molecule has 4 N–H and O–H groups in total. The van der Waals surface area contributed by atoms with Crippen LogP contribution < -0.4 is 11.1 Å². The molecule has 0 saturated carbocycles. The summed E-state index contributed by atoms with van der Waals surface area (Å²) in [5.74, 6) is 0. The summed E-state index contributed by atoms with van der Waals surface area (Å²) >= 11 is 0. The van der Waals surface area contributed by atoms with Gasteiger partial charge in [0.1, 0.15) is 0 Å². The van der Waals surface area contributed by atoms with E-state index < -0.39 is 0 Å². The third-order valence-electron chi connectivity index (χ3n) is 2.05. The first kappa shape index (κ1) is 10.9. The Balaban J connectivity index is 2.18. The van der Waals surface area contributed by atoms with E-state index in [0.29, 0.717) is 0 Å². The molecule has 1 aromatic carbocycles. The minimum Gasteiger partial charge on any atom is -0.399 e. The van der Waals surface area contributed by atoms with Gasteiger partial charge in [0, 0.05) is 24.5 Å². The highest BCUT2D eigenvalue weighted by molar-refractivity contribution is 5.53. The quantitative estimate of drug-likeness (QED) is 0.478. The number of unbranched alkanes of at least 4 members (excludes halogenated alkanes) is 2. The van der Waals surface area contributed by atoms with E-state index >= 15 is 0 Å². The number of hydrogen-bond donors (Lipinski definition) is 3. The monoisotopic (exact) mass is 194 g/mol. The molecular weight excluding hydrogens is 176 g/mol. The third-order valence-corrected chi connectivity index (χ3v) is 2.05. The molecule has 0 radical (unpaired) electrons. The number of hydrogen-bond acceptors (Lipinski definition) is 3. The molecule has 0 bridgehead atoms. The van der Waals surface area contributed by atoms with Crippen molar-refractivity contribution in [1.29, 1.82) is 0 Å². The van der Waals surface area contributed by atoms with Crippen molar-refractivity contribution in [3.05, 3.63) is 24.3 Å². The van der Waals surface area contributed by atoms with Crippen LogP contribution in [0, 0.1) is 0 Å². The zero-order valence-corrected chi connectivity index (χ0v) is 8.37. The van der Waals surface area contributed by atoms with Crippen LogP contribution in [0.5, 0.6) is 0 Å². The molecule has 0 atom stereocenters. The largest absolute Gasteiger partial charge is 0.399 e. The summed E-state index contributed by atoms with van der Waals surface area (Å²) in [5.41, 5.74) is 7.48. The summed E-state index contributed by atoms with van der Waals surface area (Å²) < 4.78 is 0. The first-order chi connectivity index (χ1) is 6.83. The SMILES string of the molecule is Nc1cccc(NCCCCCO)c1. The Bertz CT molecular complexity index is 263. The summed E-state index contributed by atoms with van der Waals surface area (Å²) in [6, 6.07) is 7.73. The summed E-state index contributed by atoms with van der Waals surface area (Å²) in [7, 11) is 0. The Kier molecular flexibility index (Phi) is 4.86. The van der Waals surface area contributed by atoms with Gasteiger partial charge >= 0.3 is 0 Å². The average molecular weight is 194 g/mol. The molecule has 0 aliphatic rings. The van der Waals surface area contributed by atoms with E-state index in [0.717, 1.165) is 37.2 Å². The molecule has 1 rings (SSSR count). The fraction of sp³-hybridized carbons (Fsp3) is 0.455. The van der Waals surface area contributed by atoms with Crippen LogP contribution >= 0.6 is 0 Å². The number of benzene rings is 1. The summed E-state index contributed by atoms with van der Waals surface area (Å²) in [6.07, 6.45) is 3.03. The topological polar surface area (TPSA) is 58.3 Å². The molecule has 78 valence electrons. The van der Waals surface area contributed by atoms with E-state index in [2.05, 4.69) is 5.32 Å². The molecule has 0 aromatic heterocycles. The fourth-order valence-electron chi connectivity index (χ4n) is 1.29. The van der Waals surface area contributed by atoms with Gasteiger partial charge in [-0.3, -0.25) is 0 Å². The van der Waals surface area contributed by atoms with E-state index in [4.69, 9.17) is 10.8 Å². The maximum atomic E-state index is 8.58. The number of nitrogens with two attached hydrogens (primary N) is 1. The van der Waals surface area contributed by atoms with Crippen LogP contribution in [0.25, 0.3) is 0 Å². The van der Waals surface area contributed by atoms with E-state index in [1.807, 2.05) is 24.3 Å². The average Bonchev–Trinajstić information content (AvgIpc) is 2.18. The molecule has 14 heavy (non-hydrogen) atoms. The summed E-state index contributed by atoms with van der Waals surface area (Å²) in [5, 5.41) is 11.9. The van der Waals surface area contributed by atoms with Crippen LogP contribution in [0.1, 0.15) is 19.3 Å². The number of aliphatic hydroxyl groups excluding tert-OH is 1. The second kappa shape index (κ2) is 6.27. The molecular formula is C11H18N2O. The predicted octanol–water partition coefficient (Wildman–Crippen LogP) is 1.84. The lowest BCUT2D eigenvalue weighted by Gasteiger charge is -2.06. The molecule has 0 heterocycles. The maximum Gasteiger partial charge on any atom is 0.0431 e. The lowest BCUT2D eigenvalue weighted by Crippen LogP contribution is -2.02. The van der Waals surface area contributed by atoms with Crippen molar-refractivity contribution in [2.24, 2.45) is 0 Å². The maximum absolute atomic E-state index is 8.58. The van der Waals surface area contributed by atoms with Gasteiger partial charge in [-0.15, -0.1) is 0 Å². The van der Waals surface area contributed by atoms with Crippen molar-refractivity contribution in [3.8, 4) is 0 Å². The molecule has 0 aliphatic heterocycles. The summed E-state index contributed by atoms with van der Waals surface area (Å²) in [6.45, 7) is 1.22. The minimum atomic E-state index is 0.290. The smallest absolute Gasteiger partial charge is 0.0431 e. The van der Waals surface area contributed by atoms with Crippen LogP contribution in [0.15, 0.2) is 24.3 Å². The lowest BCUT2D eigenvalue weighted by molar-refractivity contribution is 0.283. The molecule has 0 spiro atoms. The normalized spacial score (nSPS) is 10.1. The van der Waals surface area contributed by atoms with Crippen LogP contribution in [0.2, 0.25) is 0 Å². The van der Waals surface area contributed by atoms with Gasteiger partial charge in [0.05, 0.1) is 0 Å². The second-order valence-electron chi connectivity index (χ2n) is 3.34. The molecule has 3 nitrogen and oxygen atoms in total. The molecule has 3 heteroatoms. The molecule has 0 unspecified atom stereocenters. The molecule has 0 amide bonds. The van der Waals surface area contributed by atoms with Crippen molar-refractivity contribution in [3.63, 3.8) is 0 Å². The van der Waals surface area contributed by atoms with Gasteiger partial charge in [0.15, 0.2) is 0 Å². The molecule has 0 fully saturated rings. The molecule has 1 aromatic rings. The zero-order chi connectivity index (χ0) is 10.2. The lowest BCUT2D eigenvalue weighted by atomic mass is 10.2. The molecule has 0 saturated heterocycles. The van der Waals surface area contributed by atoms with Crippen molar-refractivity contribution in [2.45, 2.75) is 19.3 Å². The van der Waals surface area contributed by atoms with Crippen molar-refractivity contribution in [1.82, 2.24) is 0 Å². The highest BCUT2D eigenvalue weighted by Gasteiger charge is 1.92. The Morgan fingerprint density at radius 1 is 1.21 bits per heavy atom. The highest BCUT2D eigenvalue weighted by Crippen LogP contribution is 2.11. The van der Waals surface area contributed by atoms with Crippen LogP contribution in [0.4, 0.5) is 11.4 Å². The Hall–Kier alpha value is -1.22. The van der Waals surface area contributed by atoms with Gasteiger partial charge in [-0.05, 0) is 37.5 Å². The van der Waals surface area contributed by atoms with Gasteiger partial charge in [0.25, 0.3) is 0 Å². The Labute approximate surface area is 84.9 Å². The number of aliphatic hydroxyl groups is 1. The van der Waals surface area contributed by atoms with Crippen molar-refractivity contribution >= 4 is 11.4 Å². The standard InChI is InChI=1S/C11H18N2O/c12-10-5-4-6-11(9-10)13-7-2-1-3-8-14/h4-6,9,13-14H,1-3,7-8,12H2. The Morgan fingerprint density at radius 2 is 2.07 bits per heavy atom.